The normalized spacial score (nSPS) is 25.4. The minimum atomic E-state index is -0.864. The van der Waals surface area contributed by atoms with Gasteiger partial charge < -0.3 is 10.4 Å². The fraction of sp³-hybridized carbons (Fsp3) is 0.467. The topological polar surface area (TPSA) is 66.4 Å². The van der Waals surface area contributed by atoms with Crippen molar-refractivity contribution >= 4 is 33.5 Å². The van der Waals surface area contributed by atoms with Gasteiger partial charge in [-0.15, -0.1) is 0 Å². The highest BCUT2D eigenvalue weighted by molar-refractivity contribution is 9.10. The molecular formula is C15H18BrNO3. The van der Waals surface area contributed by atoms with E-state index in [4.69, 9.17) is 0 Å². The van der Waals surface area contributed by atoms with Crippen LogP contribution in [0, 0.1) is 17.8 Å². The SMILES string of the molecule is CCC1CC(C(=O)O)C(C(=O)Nc2ccc(Br)cc2)C1. The lowest BCUT2D eigenvalue weighted by molar-refractivity contribution is -0.145. The van der Waals surface area contributed by atoms with Crippen molar-refractivity contribution < 1.29 is 14.7 Å². The smallest absolute Gasteiger partial charge is 0.307 e. The van der Waals surface area contributed by atoms with E-state index in [-0.39, 0.29) is 5.91 Å². The van der Waals surface area contributed by atoms with Crippen molar-refractivity contribution in [2.75, 3.05) is 5.32 Å². The zero-order valence-corrected chi connectivity index (χ0v) is 12.9. The molecule has 0 radical (unpaired) electrons. The van der Waals surface area contributed by atoms with Crippen LogP contribution in [0.15, 0.2) is 28.7 Å². The number of amides is 1. The Morgan fingerprint density at radius 3 is 2.40 bits per heavy atom. The molecule has 1 aliphatic rings. The molecule has 0 aliphatic heterocycles. The Labute approximate surface area is 126 Å². The van der Waals surface area contributed by atoms with Gasteiger partial charge in [-0.2, -0.15) is 0 Å². The average molecular weight is 340 g/mol. The number of carboxylic acid groups (broad SMARTS) is 1. The first-order chi connectivity index (χ1) is 9.51. The fourth-order valence-corrected chi connectivity index (χ4v) is 3.07. The molecule has 1 aromatic rings. The van der Waals surface area contributed by atoms with Crippen LogP contribution in [0.5, 0.6) is 0 Å². The fourth-order valence-electron chi connectivity index (χ4n) is 2.81. The van der Waals surface area contributed by atoms with Gasteiger partial charge in [-0.25, -0.2) is 0 Å². The maximum absolute atomic E-state index is 12.3. The number of hydrogen-bond acceptors (Lipinski definition) is 2. The van der Waals surface area contributed by atoms with Crippen LogP contribution < -0.4 is 5.32 Å². The van der Waals surface area contributed by atoms with E-state index in [1.54, 1.807) is 12.1 Å². The van der Waals surface area contributed by atoms with Gasteiger partial charge in [0.25, 0.3) is 0 Å². The minimum Gasteiger partial charge on any atom is -0.481 e. The number of carbonyl (C=O) groups is 2. The summed E-state index contributed by atoms with van der Waals surface area (Å²) in [5.74, 6) is -1.71. The summed E-state index contributed by atoms with van der Waals surface area (Å²) < 4.78 is 0.936. The molecule has 0 heterocycles. The predicted molar refractivity (Wildman–Crippen MR) is 80.4 cm³/mol. The third-order valence-electron chi connectivity index (χ3n) is 4.00. The van der Waals surface area contributed by atoms with E-state index in [9.17, 15) is 14.7 Å². The summed E-state index contributed by atoms with van der Waals surface area (Å²) in [4.78, 5) is 23.6. The van der Waals surface area contributed by atoms with E-state index in [0.29, 0.717) is 24.4 Å². The lowest BCUT2D eigenvalue weighted by Crippen LogP contribution is -2.29. The number of nitrogens with one attached hydrogen (secondary N) is 1. The van der Waals surface area contributed by atoms with Crippen molar-refractivity contribution in [3.8, 4) is 0 Å². The summed E-state index contributed by atoms with van der Waals surface area (Å²) in [7, 11) is 0. The Morgan fingerprint density at radius 2 is 1.85 bits per heavy atom. The van der Waals surface area contributed by atoms with Gasteiger partial charge in [0.05, 0.1) is 11.8 Å². The van der Waals surface area contributed by atoms with Crippen LogP contribution in [0.4, 0.5) is 5.69 Å². The largest absolute Gasteiger partial charge is 0.481 e. The number of anilines is 1. The number of benzene rings is 1. The van der Waals surface area contributed by atoms with Gasteiger partial charge >= 0.3 is 5.97 Å². The monoisotopic (exact) mass is 339 g/mol. The lowest BCUT2D eigenvalue weighted by Gasteiger charge is -2.15. The number of carboxylic acids is 1. The zero-order chi connectivity index (χ0) is 14.7. The van der Waals surface area contributed by atoms with Crippen molar-refractivity contribution in [3.63, 3.8) is 0 Å². The molecule has 1 fully saturated rings. The van der Waals surface area contributed by atoms with E-state index in [1.807, 2.05) is 19.1 Å². The molecule has 1 amide bonds. The molecule has 3 unspecified atom stereocenters. The number of rotatable bonds is 4. The number of halogens is 1. The van der Waals surface area contributed by atoms with Crippen molar-refractivity contribution in [3.05, 3.63) is 28.7 Å². The number of carbonyl (C=O) groups excluding carboxylic acids is 1. The standard InChI is InChI=1S/C15H18BrNO3/c1-2-9-7-12(13(8-9)15(19)20)14(18)17-11-5-3-10(16)4-6-11/h3-6,9,12-13H,2,7-8H2,1H3,(H,17,18)(H,19,20). The number of aliphatic carboxylic acids is 1. The quantitative estimate of drug-likeness (QED) is 0.881. The summed E-state index contributed by atoms with van der Waals surface area (Å²) in [5.41, 5.74) is 0.697. The number of hydrogen-bond donors (Lipinski definition) is 2. The average Bonchev–Trinajstić information content (AvgIpc) is 2.86. The second kappa shape index (κ2) is 6.39. The van der Waals surface area contributed by atoms with Gasteiger partial charge in [0.2, 0.25) is 5.91 Å². The van der Waals surface area contributed by atoms with Crippen LogP contribution in [0.2, 0.25) is 0 Å². The second-order valence-corrected chi connectivity index (χ2v) is 6.21. The van der Waals surface area contributed by atoms with Gasteiger partial charge in [-0.3, -0.25) is 9.59 Å². The molecular weight excluding hydrogens is 322 g/mol. The highest BCUT2D eigenvalue weighted by Gasteiger charge is 2.42. The van der Waals surface area contributed by atoms with E-state index < -0.39 is 17.8 Å². The Hall–Kier alpha value is -1.36. The van der Waals surface area contributed by atoms with Crippen LogP contribution in [-0.2, 0) is 9.59 Å². The van der Waals surface area contributed by atoms with Crippen molar-refractivity contribution in [1.29, 1.82) is 0 Å². The van der Waals surface area contributed by atoms with Crippen LogP contribution >= 0.6 is 15.9 Å². The molecule has 4 nitrogen and oxygen atoms in total. The van der Waals surface area contributed by atoms with Crippen LogP contribution in [0.3, 0.4) is 0 Å². The van der Waals surface area contributed by atoms with Crippen LogP contribution in [-0.4, -0.2) is 17.0 Å². The molecule has 20 heavy (non-hydrogen) atoms. The maximum Gasteiger partial charge on any atom is 0.307 e. The molecule has 1 aliphatic carbocycles. The molecule has 3 atom stereocenters. The minimum absolute atomic E-state index is 0.185. The Bertz CT molecular complexity index is 500. The van der Waals surface area contributed by atoms with Gasteiger partial charge in [-0.05, 0) is 43.0 Å². The molecule has 1 aromatic carbocycles. The van der Waals surface area contributed by atoms with E-state index >= 15 is 0 Å². The van der Waals surface area contributed by atoms with E-state index in [1.165, 1.54) is 0 Å². The molecule has 1 saturated carbocycles. The molecule has 5 heteroatoms. The molecule has 2 rings (SSSR count). The Morgan fingerprint density at radius 1 is 1.25 bits per heavy atom. The summed E-state index contributed by atoms with van der Waals surface area (Å²) in [6, 6.07) is 7.27. The second-order valence-electron chi connectivity index (χ2n) is 5.29. The summed E-state index contributed by atoms with van der Waals surface area (Å²) in [5, 5.41) is 12.1. The molecule has 0 aromatic heterocycles. The first kappa shape index (κ1) is 15.0. The van der Waals surface area contributed by atoms with Crippen molar-refractivity contribution in [2.24, 2.45) is 17.8 Å². The van der Waals surface area contributed by atoms with Crippen LogP contribution in [0.25, 0.3) is 0 Å². The van der Waals surface area contributed by atoms with Gasteiger partial charge in [0.15, 0.2) is 0 Å². The maximum atomic E-state index is 12.3. The Kier molecular flexibility index (Phi) is 4.81. The summed E-state index contributed by atoms with van der Waals surface area (Å²) in [6.07, 6.45) is 2.19. The summed E-state index contributed by atoms with van der Waals surface area (Å²) in [6.45, 7) is 2.04. The van der Waals surface area contributed by atoms with Gasteiger partial charge in [0.1, 0.15) is 0 Å². The molecule has 0 saturated heterocycles. The van der Waals surface area contributed by atoms with Crippen molar-refractivity contribution in [1.82, 2.24) is 0 Å². The molecule has 0 bridgehead atoms. The predicted octanol–water partition coefficient (Wildman–Crippen LogP) is 3.52. The van der Waals surface area contributed by atoms with E-state index in [2.05, 4.69) is 21.2 Å². The lowest BCUT2D eigenvalue weighted by atomic mass is 9.95. The van der Waals surface area contributed by atoms with Crippen LogP contribution in [0.1, 0.15) is 26.2 Å². The van der Waals surface area contributed by atoms with Gasteiger partial charge in [0, 0.05) is 10.2 Å². The first-order valence-corrected chi connectivity index (χ1v) is 7.59. The zero-order valence-electron chi connectivity index (χ0n) is 11.3. The third kappa shape index (κ3) is 3.39. The Balaban J connectivity index is 2.07. The highest BCUT2D eigenvalue weighted by Crippen LogP contribution is 2.39. The summed E-state index contributed by atoms with van der Waals surface area (Å²) >= 11 is 3.33. The third-order valence-corrected chi connectivity index (χ3v) is 4.53. The van der Waals surface area contributed by atoms with Crippen molar-refractivity contribution in [2.45, 2.75) is 26.2 Å². The highest BCUT2D eigenvalue weighted by atomic mass is 79.9. The molecule has 2 N–H and O–H groups in total. The van der Waals surface area contributed by atoms with E-state index in [0.717, 1.165) is 10.9 Å². The first-order valence-electron chi connectivity index (χ1n) is 6.80. The van der Waals surface area contributed by atoms with Gasteiger partial charge in [-0.1, -0.05) is 29.3 Å². The molecule has 108 valence electrons. The molecule has 0 spiro atoms.